The summed E-state index contributed by atoms with van der Waals surface area (Å²) in [7, 11) is 1.72. The van der Waals surface area contributed by atoms with Gasteiger partial charge >= 0.3 is 0 Å². The smallest absolute Gasteiger partial charge is 0.0462 e. The third-order valence-electron chi connectivity index (χ3n) is 2.46. The first-order valence-electron chi connectivity index (χ1n) is 5.36. The van der Waals surface area contributed by atoms with Crippen molar-refractivity contribution in [2.24, 2.45) is 5.84 Å². The highest BCUT2D eigenvalue weighted by Crippen LogP contribution is 2.06. The average Bonchev–Trinajstić information content (AvgIpc) is 2.29. The summed E-state index contributed by atoms with van der Waals surface area (Å²) >= 11 is 0. The maximum atomic E-state index is 5.51. The van der Waals surface area contributed by atoms with Gasteiger partial charge in [0.1, 0.15) is 0 Å². The SMILES string of the molecule is COCCCC(Cc1ccccc1)NN. The van der Waals surface area contributed by atoms with Crippen LogP contribution >= 0.6 is 0 Å². The van der Waals surface area contributed by atoms with Crippen LogP contribution in [0.5, 0.6) is 0 Å². The second-order valence-electron chi connectivity index (χ2n) is 3.69. The van der Waals surface area contributed by atoms with E-state index in [0.29, 0.717) is 6.04 Å². The molecule has 3 nitrogen and oxygen atoms in total. The Morgan fingerprint density at radius 1 is 1.33 bits per heavy atom. The van der Waals surface area contributed by atoms with Crippen LogP contribution in [-0.2, 0) is 11.2 Å². The molecular formula is C12H20N2O. The van der Waals surface area contributed by atoms with Crippen molar-refractivity contribution in [3.05, 3.63) is 35.9 Å². The third kappa shape index (κ3) is 4.93. The van der Waals surface area contributed by atoms with Crippen molar-refractivity contribution >= 4 is 0 Å². The third-order valence-corrected chi connectivity index (χ3v) is 2.46. The zero-order chi connectivity index (χ0) is 10.9. The molecule has 1 aromatic carbocycles. The van der Waals surface area contributed by atoms with Gasteiger partial charge in [0.2, 0.25) is 0 Å². The number of hydrazine groups is 1. The zero-order valence-electron chi connectivity index (χ0n) is 9.28. The van der Waals surface area contributed by atoms with Crippen LogP contribution in [0.25, 0.3) is 0 Å². The Morgan fingerprint density at radius 2 is 2.07 bits per heavy atom. The molecule has 15 heavy (non-hydrogen) atoms. The van der Waals surface area contributed by atoms with Crippen molar-refractivity contribution in [2.45, 2.75) is 25.3 Å². The second kappa shape index (κ2) is 7.40. The molecule has 1 rings (SSSR count). The molecule has 0 bridgehead atoms. The molecule has 0 heterocycles. The van der Waals surface area contributed by atoms with E-state index in [2.05, 4.69) is 29.7 Å². The van der Waals surface area contributed by atoms with E-state index in [1.807, 2.05) is 6.07 Å². The minimum atomic E-state index is 0.336. The van der Waals surface area contributed by atoms with Gasteiger partial charge in [-0.15, -0.1) is 0 Å². The predicted molar refractivity (Wildman–Crippen MR) is 62.4 cm³/mol. The molecule has 1 atom stereocenters. The van der Waals surface area contributed by atoms with E-state index in [1.165, 1.54) is 5.56 Å². The van der Waals surface area contributed by atoms with Crippen LogP contribution in [-0.4, -0.2) is 19.8 Å². The normalized spacial score (nSPS) is 12.7. The fourth-order valence-corrected chi connectivity index (χ4v) is 1.62. The Hall–Kier alpha value is -0.900. The molecule has 0 aromatic heterocycles. The van der Waals surface area contributed by atoms with E-state index in [1.54, 1.807) is 7.11 Å². The van der Waals surface area contributed by atoms with E-state index in [4.69, 9.17) is 10.6 Å². The van der Waals surface area contributed by atoms with Crippen molar-refractivity contribution in [1.82, 2.24) is 5.43 Å². The fraction of sp³-hybridized carbons (Fsp3) is 0.500. The number of hydrogen-bond acceptors (Lipinski definition) is 3. The Morgan fingerprint density at radius 3 is 2.67 bits per heavy atom. The number of methoxy groups -OCH3 is 1. The fourth-order valence-electron chi connectivity index (χ4n) is 1.62. The van der Waals surface area contributed by atoms with Crippen molar-refractivity contribution in [1.29, 1.82) is 0 Å². The lowest BCUT2D eigenvalue weighted by Gasteiger charge is -2.15. The van der Waals surface area contributed by atoms with Gasteiger partial charge in [0.05, 0.1) is 0 Å². The molecule has 1 aromatic rings. The van der Waals surface area contributed by atoms with Crippen LogP contribution in [0.4, 0.5) is 0 Å². The average molecular weight is 208 g/mol. The molecular weight excluding hydrogens is 188 g/mol. The van der Waals surface area contributed by atoms with Crippen LogP contribution in [0.15, 0.2) is 30.3 Å². The van der Waals surface area contributed by atoms with Gasteiger partial charge in [-0.2, -0.15) is 0 Å². The van der Waals surface area contributed by atoms with Gasteiger partial charge in [-0.1, -0.05) is 30.3 Å². The van der Waals surface area contributed by atoms with Gasteiger partial charge in [-0.3, -0.25) is 11.3 Å². The van der Waals surface area contributed by atoms with Crippen molar-refractivity contribution in [3.63, 3.8) is 0 Å². The number of nitrogens with one attached hydrogen (secondary N) is 1. The van der Waals surface area contributed by atoms with E-state index < -0.39 is 0 Å². The van der Waals surface area contributed by atoms with Crippen LogP contribution in [0.1, 0.15) is 18.4 Å². The number of hydrogen-bond donors (Lipinski definition) is 2. The first-order chi connectivity index (χ1) is 7.36. The number of benzene rings is 1. The maximum Gasteiger partial charge on any atom is 0.0462 e. The molecule has 0 amide bonds. The Kier molecular flexibility index (Phi) is 6.00. The van der Waals surface area contributed by atoms with Gasteiger partial charge < -0.3 is 4.74 Å². The van der Waals surface area contributed by atoms with E-state index in [9.17, 15) is 0 Å². The lowest BCUT2D eigenvalue weighted by atomic mass is 10.0. The summed E-state index contributed by atoms with van der Waals surface area (Å²) in [5.74, 6) is 5.51. The number of nitrogens with two attached hydrogens (primary N) is 1. The molecule has 0 aliphatic heterocycles. The second-order valence-corrected chi connectivity index (χ2v) is 3.69. The van der Waals surface area contributed by atoms with Crippen molar-refractivity contribution in [3.8, 4) is 0 Å². The summed E-state index contributed by atoms with van der Waals surface area (Å²) in [5, 5.41) is 0. The largest absolute Gasteiger partial charge is 0.385 e. The van der Waals surface area contributed by atoms with E-state index >= 15 is 0 Å². The summed E-state index contributed by atoms with van der Waals surface area (Å²) in [5.41, 5.74) is 4.17. The topological polar surface area (TPSA) is 47.3 Å². The maximum absolute atomic E-state index is 5.51. The van der Waals surface area contributed by atoms with Gasteiger partial charge in [-0.25, -0.2) is 0 Å². The minimum Gasteiger partial charge on any atom is -0.385 e. The molecule has 0 spiro atoms. The summed E-state index contributed by atoms with van der Waals surface area (Å²) < 4.78 is 5.02. The Balaban J connectivity index is 2.33. The van der Waals surface area contributed by atoms with Crippen LogP contribution in [0.3, 0.4) is 0 Å². The van der Waals surface area contributed by atoms with Crippen molar-refractivity contribution in [2.75, 3.05) is 13.7 Å². The highest BCUT2D eigenvalue weighted by Gasteiger charge is 2.06. The summed E-state index contributed by atoms with van der Waals surface area (Å²) in [6.45, 7) is 0.799. The molecule has 0 saturated heterocycles. The highest BCUT2D eigenvalue weighted by molar-refractivity contribution is 5.15. The van der Waals surface area contributed by atoms with Crippen LogP contribution in [0, 0.1) is 0 Å². The molecule has 0 fully saturated rings. The Labute approximate surface area is 91.6 Å². The number of rotatable bonds is 7. The molecule has 3 N–H and O–H groups in total. The molecule has 1 unspecified atom stereocenters. The molecule has 3 heteroatoms. The van der Waals surface area contributed by atoms with Gasteiger partial charge in [-0.05, 0) is 24.8 Å². The monoisotopic (exact) mass is 208 g/mol. The summed E-state index contributed by atoms with van der Waals surface area (Å²) in [6, 6.07) is 10.7. The van der Waals surface area contributed by atoms with Crippen LogP contribution < -0.4 is 11.3 Å². The number of ether oxygens (including phenoxy) is 1. The first kappa shape index (κ1) is 12.2. The van der Waals surface area contributed by atoms with Gasteiger partial charge in [0.25, 0.3) is 0 Å². The van der Waals surface area contributed by atoms with Crippen molar-refractivity contribution < 1.29 is 4.74 Å². The molecule has 0 aliphatic carbocycles. The molecule has 84 valence electrons. The first-order valence-corrected chi connectivity index (χ1v) is 5.36. The quantitative estimate of drug-likeness (QED) is 0.405. The lowest BCUT2D eigenvalue weighted by molar-refractivity contribution is 0.188. The Bertz CT molecular complexity index is 251. The standard InChI is InChI=1S/C12H20N2O/c1-15-9-5-8-12(14-13)10-11-6-3-2-4-7-11/h2-4,6-7,12,14H,5,8-10,13H2,1H3. The lowest BCUT2D eigenvalue weighted by Crippen LogP contribution is -2.36. The van der Waals surface area contributed by atoms with E-state index in [0.717, 1.165) is 25.9 Å². The molecule has 0 aliphatic rings. The summed E-state index contributed by atoms with van der Waals surface area (Å²) in [6.07, 6.45) is 3.05. The zero-order valence-corrected chi connectivity index (χ0v) is 9.28. The minimum absolute atomic E-state index is 0.336. The highest BCUT2D eigenvalue weighted by atomic mass is 16.5. The van der Waals surface area contributed by atoms with Crippen LogP contribution in [0.2, 0.25) is 0 Å². The van der Waals surface area contributed by atoms with E-state index in [-0.39, 0.29) is 0 Å². The molecule has 0 saturated carbocycles. The predicted octanol–water partition coefficient (Wildman–Crippen LogP) is 1.49. The summed E-state index contributed by atoms with van der Waals surface area (Å²) in [4.78, 5) is 0. The van der Waals surface area contributed by atoms with Gasteiger partial charge in [0.15, 0.2) is 0 Å². The molecule has 0 radical (unpaired) electrons. The van der Waals surface area contributed by atoms with Gasteiger partial charge in [0, 0.05) is 19.8 Å².